The number of hydrogen-bond donors (Lipinski definition) is 1. The highest BCUT2D eigenvalue weighted by Gasteiger charge is 2.12. The molecule has 1 N–H and O–H groups in total. The predicted octanol–water partition coefficient (Wildman–Crippen LogP) is 5.08. The van der Waals surface area contributed by atoms with E-state index in [0.717, 1.165) is 22.9 Å². The molecule has 0 aliphatic heterocycles. The normalized spacial score (nSPS) is 10.7. The molecule has 3 aromatic rings. The van der Waals surface area contributed by atoms with E-state index in [-0.39, 0.29) is 11.7 Å². The van der Waals surface area contributed by atoms with Gasteiger partial charge in [0.1, 0.15) is 0 Å². The molecule has 2 aromatic carbocycles. The second-order valence-electron chi connectivity index (χ2n) is 5.24. The SMILES string of the molecule is Cc1cccc(-c2nnc(SCC(=O)Nc3cc(Cl)cc(Cl)c3)o2)c1. The summed E-state index contributed by atoms with van der Waals surface area (Å²) in [5, 5.41) is 11.9. The lowest BCUT2D eigenvalue weighted by molar-refractivity contribution is -0.113. The van der Waals surface area contributed by atoms with Gasteiger partial charge in [-0.1, -0.05) is 52.7 Å². The molecule has 0 saturated carbocycles. The minimum Gasteiger partial charge on any atom is -0.411 e. The Morgan fingerprint density at radius 1 is 1.16 bits per heavy atom. The molecule has 0 unspecified atom stereocenters. The van der Waals surface area contributed by atoms with E-state index in [1.54, 1.807) is 18.2 Å². The van der Waals surface area contributed by atoms with Crippen molar-refractivity contribution in [3.05, 3.63) is 58.1 Å². The summed E-state index contributed by atoms with van der Waals surface area (Å²) in [5.41, 5.74) is 2.48. The van der Waals surface area contributed by atoms with Crippen LogP contribution in [0.3, 0.4) is 0 Å². The fraction of sp³-hybridized carbons (Fsp3) is 0.118. The number of rotatable bonds is 5. The number of anilines is 1. The van der Waals surface area contributed by atoms with Crippen molar-refractivity contribution in [3.63, 3.8) is 0 Å². The number of nitrogens with zero attached hydrogens (tertiary/aromatic N) is 2. The molecule has 5 nitrogen and oxygen atoms in total. The highest BCUT2D eigenvalue weighted by atomic mass is 35.5. The summed E-state index contributed by atoms with van der Waals surface area (Å²) in [4.78, 5) is 12.0. The molecule has 0 saturated heterocycles. The van der Waals surface area contributed by atoms with E-state index < -0.39 is 0 Å². The van der Waals surface area contributed by atoms with Crippen LogP contribution in [0, 0.1) is 6.92 Å². The number of thioether (sulfide) groups is 1. The van der Waals surface area contributed by atoms with E-state index in [2.05, 4.69) is 15.5 Å². The fourth-order valence-corrected chi connectivity index (χ4v) is 3.20. The van der Waals surface area contributed by atoms with E-state index in [9.17, 15) is 4.79 Å². The Morgan fingerprint density at radius 3 is 2.64 bits per heavy atom. The van der Waals surface area contributed by atoms with Crippen molar-refractivity contribution in [1.29, 1.82) is 0 Å². The van der Waals surface area contributed by atoms with Crippen molar-refractivity contribution in [1.82, 2.24) is 10.2 Å². The van der Waals surface area contributed by atoms with Crippen LogP contribution in [0.4, 0.5) is 5.69 Å². The van der Waals surface area contributed by atoms with Gasteiger partial charge in [0.2, 0.25) is 11.8 Å². The smallest absolute Gasteiger partial charge is 0.277 e. The van der Waals surface area contributed by atoms with Crippen molar-refractivity contribution in [2.75, 3.05) is 11.1 Å². The molecule has 1 aromatic heterocycles. The quantitative estimate of drug-likeness (QED) is 0.611. The average molecular weight is 394 g/mol. The van der Waals surface area contributed by atoms with Gasteiger partial charge in [0.15, 0.2) is 0 Å². The molecule has 0 bridgehead atoms. The molecule has 0 aliphatic carbocycles. The van der Waals surface area contributed by atoms with Crippen LogP contribution in [-0.2, 0) is 4.79 Å². The van der Waals surface area contributed by atoms with Crippen LogP contribution in [0.15, 0.2) is 52.1 Å². The van der Waals surface area contributed by atoms with Gasteiger partial charge in [-0.25, -0.2) is 0 Å². The van der Waals surface area contributed by atoms with Crippen LogP contribution in [0.25, 0.3) is 11.5 Å². The molecule has 0 atom stereocenters. The van der Waals surface area contributed by atoms with E-state index in [1.165, 1.54) is 0 Å². The minimum atomic E-state index is -0.223. The maximum absolute atomic E-state index is 12.0. The second kappa shape index (κ2) is 7.91. The van der Waals surface area contributed by atoms with E-state index in [4.69, 9.17) is 27.6 Å². The summed E-state index contributed by atoms with van der Waals surface area (Å²) in [5.74, 6) is 0.325. The van der Waals surface area contributed by atoms with Crippen molar-refractivity contribution >= 4 is 46.6 Å². The molecule has 8 heteroatoms. The molecule has 128 valence electrons. The van der Waals surface area contributed by atoms with E-state index in [0.29, 0.717) is 26.8 Å². The number of halogens is 2. The Labute approximate surface area is 158 Å². The zero-order valence-electron chi connectivity index (χ0n) is 13.1. The Morgan fingerprint density at radius 2 is 1.92 bits per heavy atom. The van der Waals surface area contributed by atoms with Crippen LogP contribution >= 0.6 is 35.0 Å². The molecule has 0 radical (unpaired) electrons. The monoisotopic (exact) mass is 393 g/mol. The van der Waals surface area contributed by atoms with Crippen molar-refractivity contribution in [2.45, 2.75) is 12.1 Å². The van der Waals surface area contributed by atoms with Crippen molar-refractivity contribution < 1.29 is 9.21 Å². The molecule has 3 rings (SSSR count). The Bertz CT molecular complexity index is 894. The van der Waals surface area contributed by atoms with Gasteiger partial charge in [0, 0.05) is 21.3 Å². The highest BCUT2D eigenvalue weighted by molar-refractivity contribution is 7.99. The molecular formula is C17H13Cl2N3O2S. The molecule has 1 amide bonds. The number of aryl methyl sites for hydroxylation is 1. The molecule has 1 heterocycles. The first-order valence-electron chi connectivity index (χ1n) is 7.29. The Balaban J connectivity index is 1.59. The predicted molar refractivity (Wildman–Crippen MR) is 100 cm³/mol. The maximum atomic E-state index is 12.0. The van der Waals surface area contributed by atoms with Crippen molar-refractivity contribution in [3.8, 4) is 11.5 Å². The largest absolute Gasteiger partial charge is 0.411 e. The number of benzene rings is 2. The number of aromatic nitrogens is 2. The summed E-state index contributed by atoms with van der Waals surface area (Å²) in [6, 6.07) is 12.6. The number of carbonyl (C=O) groups is 1. The second-order valence-corrected chi connectivity index (χ2v) is 7.04. The molecule has 0 spiro atoms. The maximum Gasteiger partial charge on any atom is 0.277 e. The lowest BCUT2D eigenvalue weighted by atomic mass is 10.1. The van der Waals surface area contributed by atoms with Crippen molar-refractivity contribution in [2.24, 2.45) is 0 Å². The third kappa shape index (κ3) is 4.98. The fourth-order valence-electron chi connectivity index (χ4n) is 2.11. The standard InChI is InChI=1S/C17H13Cl2N3O2S/c1-10-3-2-4-11(5-10)16-21-22-17(24-16)25-9-15(23)20-14-7-12(18)6-13(19)8-14/h2-8H,9H2,1H3,(H,20,23). The molecule has 25 heavy (non-hydrogen) atoms. The number of amides is 1. The summed E-state index contributed by atoms with van der Waals surface area (Å²) in [6.07, 6.45) is 0. The van der Waals surface area contributed by atoms with Gasteiger partial charge in [-0.3, -0.25) is 4.79 Å². The number of hydrogen-bond acceptors (Lipinski definition) is 5. The summed E-state index contributed by atoms with van der Waals surface area (Å²) >= 11 is 13.0. The zero-order valence-corrected chi connectivity index (χ0v) is 15.5. The number of carbonyl (C=O) groups excluding carboxylic acids is 1. The van der Waals surface area contributed by atoms with Gasteiger partial charge in [0.05, 0.1) is 5.75 Å². The van der Waals surface area contributed by atoms with Crippen LogP contribution in [0.1, 0.15) is 5.56 Å². The molecular weight excluding hydrogens is 381 g/mol. The van der Waals surface area contributed by atoms with Gasteiger partial charge < -0.3 is 9.73 Å². The van der Waals surface area contributed by atoms with Gasteiger partial charge in [-0.2, -0.15) is 0 Å². The molecule has 0 aliphatic rings. The van der Waals surface area contributed by atoms with Gasteiger partial charge >= 0.3 is 0 Å². The first-order valence-corrected chi connectivity index (χ1v) is 9.03. The van der Waals surface area contributed by atoms with Gasteiger partial charge in [-0.05, 0) is 37.3 Å². The van der Waals surface area contributed by atoms with E-state index >= 15 is 0 Å². The van der Waals surface area contributed by atoms with Crippen LogP contribution < -0.4 is 5.32 Å². The average Bonchev–Trinajstić information content (AvgIpc) is 3.01. The number of nitrogens with one attached hydrogen (secondary N) is 1. The zero-order chi connectivity index (χ0) is 17.8. The lowest BCUT2D eigenvalue weighted by Gasteiger charge is -2.05. The summed E-state index contributed by atoms with van der Waals surface area (Å²) in [6.45, 7) is 1.99. The van der Waals surface area contributed by atoms with Crippen LogP contribution in [0.2, 0.25) is 10.0 Å². The third-order valence-corrected chi connectivity index (χ3v) is 4.40. The van der Waals surface area contributed by atoms with Crippen LogP contribution in [-0.4, -0.2) is 21.9 Å². The van der Waals surface area contributed by atoms with E-state index in [1.807, 2.05) is 31.2 Å². The summed E-state index contributed by atoms with van der Waals surface area (Å²) < 4.78 is 5.58. The van der Waals surface area contributed by atoms with Gasteiger partial charge in [-0.15, -0.1) is 10.2 Å². The first-order chi connectivity index (χ1) is 12.0. The summed E-state index contributed by atoms with van der Waals surface area (Å²) in [7, 11) is 0. The van der Waals surface area contributed by atoms with Crippen LogP contribution in [0.5, 0.6) is 0 Å². The topological polar surface area (TPSA) is 68.0 Å². The third-order valence-electron chi connectivity index (χ3n) is 3.14. The lowest BCUT2D eigenvalue weighted by Crippen LogP contribution is -2.13. The Hall–Kier alpha value is -2.02. The first kappa shape index (κ1) is 17.8. The minimum absolute atomic E-state index is 0.125. The highest BCUT2D eigenvalue weighted by Crippen LogP contribution is 2.25. The molecule has 0 fully saturated rings. The Kier molecular flexibility index (Phi) is 5.63. The van der Waals surface area contributed by atoms with Gasteiger partial charge in [0.25, 0.3) is 5.22 Å².